The Bertz CT molecular complexity index is 1260. The molecule has 8 nitrogen and oxygen atoms in total. The quantitative estimate of drug-likeness (QED) is 0.456. The van der Waals surface area contributed by atoms with Crippen molar-refractivity contribution in [2.24, 2.45) is 5.92 Å². The number of aryl methyl sites for hydroxylation is 1. The number of pyridine rings is 1. The van der Waals surface area contributed by atoms with Gasteiger partial charge in [-0.15, -0.1) is 0 Å². The van der Waals surface area contributed by atoms with Gasteiger partial charge in [0.25, 0.3) is 5.91 Å². The molecule has 5 rings (SSSR count). The minimum atomic E-state index is -0.522. The van der Waals surface area contributed by atoms with Crippen molar-refractivity contribution in [1.82, 2.24) is 25.0 Å². The van der Waals surface area contributed by atoms with Gasteiger partial charge in [0, 0.05) is 67.9 Å². The number of anilines is 1. The Morgan fingerprint density at radius 2 is 2.00 bits per heavy atom. The van der Waals surface area contributed by atoms with E-state index in [2.05, 4.69) is 38.6 Å². The fraction of sp³-hybridized carbons (Fsp3) is 0.464. The molecule has 0 spiro atoms. The van der Waals surface area contributed by atoms with Crippen LogP contribution in [0.15, 0.2) is 43.0 Å². The summed E-state index contributed by atoms with van der Waals surface area (Å²) in [5.74, 6) is -0.502. The van der Waals surface area contributed by atoms with Crippen molar-refractivity contribution in [3.8, 4) is 16.8 Å². The van der Waals surface area contributed by atoms with Gasteiger partial charge in [-0.2, -0.15) is 5.10 Å². The van der Waals surface area contributed by atoms with Crippen LogP contribution in [0.5, 0.6) is 0 Å². The first-order valence-electron chi connectivity index (χ1n) is 13.0. The molecule has 2 N–H and O–H groups in total. The van der Waals surface area contributed by atoms with E-state index in [1.807, 2.05) is 25.5 Å². The number of benzene rings is 1. The number of amides is 1. The summed E-state index contributed by atoms with van der Waals surface area (Å²) in [5, 5.41) is 11.1. The maximum absolute atomic E-state index is 14.6. The van der Waals surface area contributed by atoms with E-state index in [0.29, 0.717) is 29.8 Å². The van der Waals surface area contributed by atoms with E-state index in [4.69, 9.17) is 4.74 Å². The number of nitrogens with one attached hydrogen (secondary N) is 2. The van der Waals surface area contributed by atoms with Crippen molar-refractivity contribution in [2.75, 3.05) is 38.7 Å². The van der Waals surface area contributed by atoms with Crippen molar-refractivity contribution in [2.45, 2.75) is 45.2 Å². The van der Waals surface area contributed by atoms with E-state index < -0.39 is 5.82 Å². The van der Waals surface area contributed by atoms with E-state index in [-0.39, 0.29) is 17.5 Å². The summed E-state index contributed by atoms with van der Waals surface area (Å²) in [6.07, 6.45) is 10.2. The normalized spacial score (nSPS) is 20.1. The number of methoxy groups -OCH3 is 1. The average Bonchev–Trinajstić information content (AvgIpc) is 3.57. The number of hydrogen-bond acceptors (Lipinski definition) is 6. The summed E-state index contributed by atoms with van der Waals surface area (Å²) in [5.41, 5.74) is 4.18. The van der Waals surface area contributed by atoms with Crippen LogP contribution in [0.3, 0.4) is 0 Å². The first kappa shape index (κ1) is 25.4. The summed E-state index contributed by atoms with van der Waals surface area (Å²) in [7, 11) is 1.76. The summed E-state index contributed by atoms with van der Waals surface area (Å²) in [6.45, 7) is 7.85. The zero-order valence-electron chi connectivity index (χ0n) is 21.7. The summed E-state index contributed by atoms with van der Waals surface area (Å²) < 4.78 is 21.8. The molecule has 1 aliphatic carbocycles. The number of ether oxygens (including phenoxy) is 1. The Kier molecular flexibility index (Phi) is 7.53. The number of piperidine rings is 1. The number of hydrogen-bond donors (Lipinski definition) is 2. The zero-order valence-corrected chi connectivity index (χ0v) is 21.7. The van der Waals surface area contributed by atoms with Crippen molar-refractivity contribution >= 4 is 11.6 Å². The SMILES string of the molecule is CCN1CC[C@H](Nc2cncc(-c3cnn(-c4cc(C(=O)NC5CC5)c(F)cc4C)c3)c2)[C@H](COC)C1. The van der Waals surface area contributed by atoms with Gasteiger partial charge in [0.2, 0.25) is 0 Å². The molecule has 1 aliphatic heterocycles. The molecule has 196 valence electrons. The number of aromatic nitrogens is 3. The van der Waals surface area contributed by atoms with Gasteiger partial charge >= 0.3 is 0 Å². The Labute approximate surface area is 217 Å². The molecule has 1 saturated carbocycles. The second-order valence-electron chi connectivity index (χ2n) is 10.2. The fourth-order valence-electron chi connectivity index (χ4n) is 5.04. The molecule has 9 heteroatoms. The Balaban J connectivity index is 1.35. The predicted octanol–water partition coefficient (Wildman–Crippen LogP) is 4.04. The minimum absolute atomic E-state index is 0.0390. The third kappa shape index (κ3) is 5.83. The standard InChI is InChI=1S/C28H35FN6O2/c1-4-34-8-7-26(21(15-34)17-37-3)32-23-10-19(12-30-14-23)20-13-31-35(16-20)27-11-24(25(29)9-18(27)2)28(36)33-22-5-6-22/h9-14,16,21-22,26,32H,4-8,15,17H2,1-3H3,(H,33,36)/t21-,26-/m0/s1. The van der Waals surface area contributed by atoms with E-state index in [1.54, 1.807) is 24.1 Å². The molecule has 1 saturated heterocycles. The number of halogens is 1. The van der Waals surface area contributed by atoms with Crippen molar-refractivity contribution in [1.29, 1.82) is 0 Å². The second kappa shape index (κ2) is 11.0. The van der Waals surface area contributed by atoms with Gasteiger partial charge in [-0.3, -0.25) is 9.78 Å². The van der Waals surface area contributed by atoms with Gasteiger partial charge in [-0.1, -0.05) is 6.92 Å². The van der Waals surface area contributed by atoms with Gasteiger partial charge in [0.05, 0.1) is 29.7 Å². The first-order chi connectivity index (χ1) is 17.9. The molecule has 2 fully saturated rings. The van der Waals surface area contributed by atoms with Gasteiger partial charge in [0.1, 0.15) is 5.82 Å². The van der Waals surface area contributed by atoms with E-state index in [1.165, 1.54) is 6.07 Å². The number of carbonyl (C=O) groups is 1. The number of carbonyl (C=O) groups excluding carboxylic acids is 1. The molecule has 2 aromatic heterocycles. The monoisotopic (exact) mass is 506 g/mol. The Morgan fingerprint density at radius 1 is 1.16 bits per heavy atom. The van der Waals surface area contributed by atoms with Gasteiger partial charge in [-0.05, 0) is 56.5 Å². The van der Waals surface area contributed by atoms with Crippen molar-refractivity contribution in [3.05, 3.63) is 59.9 Å². The second-order valence-corrected chi connectivity index (χ2v) is 10.2. The molecule has 2 aliphatic rings. The molecule has 0 radical (unpaired) electrons. The van der Waals surface area contributed by atoms with Crippen LogP contribution < -0.4 is 10.6 Å². The average molecular weight is 507 g/mol. The fourth-order valence-corrected chi connectivity index (χ4v) is 5.04. The highest BCUT2D eigenvalue weighted by Gasteiger charge is 2.29. The highest BCUT2D eigenvalue weighted by atomic mass is 19.1. The summed E-state index contributed by atoms with van der Waals surface area (Å²) >= 11 is 0. The maximum Gasteiger partial charge on any atom is 0.254 e. The first-order valence-corrected chi connectivity index (χ1v) is 13.0. The molecule has 37 heavy (non-hydrogen) atoms. The minimum Gasteiger partial charge on any atom is -0.384 e. The highest BCUT2D eigenvalue weighted by molar-refractivity contribution is 5.95. The van der Waals surface area contributed by atoms with E-state index >= 15 is 0 Å². The molecular weight excluding hydrogens is 471 g/mol. The lowest BCUT2D eigenvalue weighted by molar-refractivity contribution is 0.0848. The largest absolute Gasteiger partial charge is 0.384 e. The van der Waals surface area contributed by atoms with Crippen LogP contribution in [0.1, 0.15) is 42.1 Å². The van der Waals surface area contributed by atoms with Crippen LogP contribution in [-0.2, 0) is 4.74 Å². The van der Waals surface area contributed by atoms with E-state index in [0.717, 1.165) is 55.7 Å². The van der Waals surface area contributed by atoms with Crippen LogP contribution in [0.4, 0.5) is 10.1 Å². The van der Waals surface area contributed by atoms with Crippen LogP contribution in [0, 0.1) is 18.7 Å². The number of likely N-dealkylation sites (tertiary alicyclic amines) is 1. The molecule has 3 aromatic rings. The van der Waals surface area contributed by atoms with Gasteiger partial charge < -0.3 is 20.3 Å². The molecule has 0 unspecified atom stereocenters. The lowest BCUT2D eigenvalue weighted by Gasteiger charge is -2.38. The van der Waals surface area contributed by atoms with Crippen LogP contribution >= 0.6 is 0 Å². The molecule has 1 aromatic carbocycles. The molecule has 0 bridgehead atoms. The molecule has 1 amide bonds. The molecule has 2 atom stereocenters. The third-order valence-corrected chi connectivity index (χ3v) is 7.34. The molecule has 3 heterocycles. The summed E-state index contributed by atoms with van der Waals surface area (Å²) in [6, 6.07) is 5.52. The predicted molar refractivity (Wildman–Crippen MR) is 141 cm³/mol. The van der Waals surface area contributed by atoms with Crippen LogP contribution in [-0.4, -0.2) is 71.0 Å². The van der Waals surface area contributed by atoms with E-state index in [9.17, 15) is 9.18 Å². The Morgan fingerprint density at radius 3 is 2.76 bits per heavy atom. The number of rotatable bonds is 9. The van der Waals surface area contributed by atoms with Crippen LogP contribution in [0.25, 0.3) is 16.8 Å². The Hall–Kier alpha value is -3.30. The number of nitrogens with zero attached hydrogens (tertiary/aromatic N) is 4. The zero-order chi connectivity index (χ0) is 25.9. The van der Waals surface area contributed by atoms with Crippen LogP contribution in [0.2, 0.25) is 0 Å². The highest BCUT2D eigenvalue weighted by Crippen LogP contribution is 2.27. The third-order valence-electron chi connectivity index (χ3n) is 7.34. The van der Waals surface area contributed by atoms with Gasteiger partial charge in [0.15, 0.2) is 0 Å². The lowest BCUT2D eigenvalue weighted by Crippen LogP contribution is -2.47. The topological polar surface area (TPSA) is 84.3 Å². The smallest absolute Gasteiger partial charge is 0.254 e. The lowest BCUT2D eigenvalue weighted by atomic mass is 9.92. The van der Waals surface area contributed by atoms with Gasteiger partial charge in [-0.25, -0.2) is 9.07 Å². The maximum atomic E-state index is 14.6. The summed E-state index contributed by atoms with van der Waals surface area (Å²) in [4.78, 5) is 19.5. The molecular formula is C28H35FN6O2. The van der Waals surface area contributed by atoms with Crippen molar-refractivity contribution < 1.29 is 13.9 Å². The van der Waals surface area contributed by atoms with Crippen molar-refractivity contribution in [3.63, 3.8) is 0 Å².